The maximum absolute atomic E-state index is 14.0. The quantitative estimate of drug-likeness (QED) is 0.527. The van der Waals surface area contributed by atoms with Crippen molar-refractivity contribution in [3.05, 3.63) is 76.8 Å². The van der Waals surface area contributed by atoms with E-state index in [1.807, 2.05) is 6.07 Å². The van der Waals surface area contributed by atoms with Gasteiger partial charge in [-0.25, -0.2) is 4.79 Å². The fourth-order valence-corrected chi connectivity index (χ4v) is 4.67. The fraction of sp³-hybridized carbons (Fsp3) is 0.360. The summed E-state index contributed by atoms with van der Waals surface area (Å²) in [5.74, 6) is -3.31. The van der Waals surface area contributed by atoms with E-state index in [-0.39, 0.29) is 13.2 Å². The Morgan fingerprint density at radius 3 is 2.61 bits per heavy atom. The van der Waals surface area contributed by atoms with Crippen LogP contribution in [0.3, 0.4) is 0 Å². The number of esters is 2. The van der Waals surface area contributed by atoms with Crippen molar-refractivity contribution in [3.8, 4) is 0 Å². The third kappa shape index (κ3) is 4.08. The number of rotatable bonds is 6. The Hall–Kier alpha value is -3.68. The molecule has 1 aliphatic heterocycles. The predicted molar refractivity (Wildman–Crippen MR) is 118 cm³/mol. The molecule has 0 unspecified atom stereocenters. The van der Waals surface area contributed by atoms with E-state index in [0.717, 1.165) is 0 Å². The summed E-state index contributed by atoms with van der Waals surface area (Å²) < 4.78 is 16.2. The molecule has 0 amide bonds. The minimum atomic E-state index is -1.09. The van der Waals surface area contributed by atoms with Gasteiger partial charge in [-0.1, -0.05) is 6.07 Å². The highest BCUT2D eigenvalue weighted by Gasteiger charge is 2.49. The lowest BCUT2D eigenvalue weighted by Crippen LogP contribution is -2.43. The Balaban J connectivity index is 1.87. The second-order valence-electron chi connectivity index (χ2n) is 7.92. The summed E-state index contributed by atoms with van der Waals surface area (Å²) >= 11 is 0. The predicted octanol–water partition coefficient (Wildman–Crippen LogP) is 3.39. The first-order chi connectivity index (χ1) is 16.0. The first kappa shape index (κ1) is 22.5. The highest BCUT2D eigenvalue weighted by atomic mass is 16.5. The van der Waals surface area contributed by atoms with E-state index < -0.39 is 35.5 Å². The summed E-state index contributed by atoms with van der Waals surface area (Å²) in [5, 5.41) is 3.24. The second kappa shape index (κ2) is 9.44. The number of allylic oxidation sites excluding steroid dienone is 3. The Bertz CT molecular complexity index is 1120. The number of carbonyl (C=O) groups excluding carboxylic acids is 3. The third-order valence-corrected chi connectivity index (χ3v) is 5.98. The minimum absolute atomic E-state index is 0.150. The minimum Gasteiger partial charge on any atom is -0.469 e. The number of dihydropyridines is 1. The number of furan rings is 1. The van der Waals surface area contributed by atoms with Gasteiger partial charge in [0.05, 0.1) is 25.1 Å². The monoisotopic (exact) mass is 450 g/mol. The molecule has 0 saturated carbocycles. The standard InChI is InChI=1S/C25H26N2O6/c1-4-31-24(29)19-14(3)27-17-12-16(18-9-7-11-33-18)21(25(30)32-5-2)23(28)22(17)20(19)15-8-6-10-26-13-15/h6-11,13,16,20-21,27H,4-5,12H2,1-3H3/t16-,20+,21-/m1/s1. The smallest absolute Gasteiger partial charge is 0.336 e. The lowest BCUT2D eigenvalue weighted by atomic mass is 9.68. The van der Waals surface area contributed by atoms with Gasteiger partial charge in [0.1, 0.15) is 11.7 Å². The number of carbonyl (C=O) groups is 3. The van der Waals surface area contributed by atoms with Crippen LogP contribution in [0.4, 0.5) is 0 Å². The molecule has 0 radical (unpaired) electrons. The average molecular weight is 450 g/mol. The molecule has 0 bridgehead atoms. The number of pyridine rings is 1. The number of hydrogen-bond acceptors (Lipinski definition) is 8. The Kier molecular flexibility index (Phi) is 6.44. The number of aromatic nitrogens is 1. The molecule has 33 heavy (non-hydrogen) atoms. The van der Waals surface area contributed by atoms with Gasteiger partial charge in [0.15, 0.2) is 5.78 Å². The molecule has 172 valence electrons. The van der Waals surface area contributed by atoms with Crippen molar-refractivity contribution in [1.29, 1.82) is 0 Å². The molecular formula is C25H26N2O6. The summed E-state index contributed by atoms with van der Waals surface area (Å²) in [6.45, 7) is 5.55. The van der Waals surface area contributed by atoms with Crippen LogP contribution in [0.15, 0.2) is 69.9 Å². The van der Waals surface area contributed by atoms with E-state index >= 15 is 0 Å². The van der Waals surface area contributed by atoms with Crippen LogP contribution in [0.5, 0.6) is 0 Å². The lowest BCUT2D eigenvalue weighted by Gasteiger charge is -2.38. The van der Waals surface area contributed by atoms with Crippen LogP contribution >= 0.6 is 0 Å². The first-order valence-electron chi connectivity index (χ1n) is 11.0. The molecule has 3 atom stereocenters. The van der Waals surface area contributed by atoms with Gasteiger partial charge >= 0.3 is 11.9 Å². The Morgan fingerprint density at radius 2 is 1.97 bits per heavy atom. The molecule has 0 aromatic carbocycles. The fourth-order valence-electron chi connectivity index (χ4n) is 4.67. The van der Waals surface area contributed by atoms with Crippen molar-refractivity contribution in [2.75, 3.05) is 13.2 Å². The normalized spacial score (nSPS) is 22.5. The van der Waals surface area contributed by atoms with Gasteiger partial charge in [0.25, 0.3) is 0 Å². The lowest BCUT2D eigenvalue weighted by molar-refractivity contribution is -0.152. The third-order valence-electron chi connectivity index (χ3n) is 5.98. The summed E-state index contributed by atoms with van der Waals surface area (Å²) in [4.78, 5) is 44.1. The van der Waals surface area contributed by atoms with Crippen molar-refractivity contribution in [2.45, 2.75) is 39.0 Å². The number of hydrogen-bond donors (Lipinski definition) is 1. The maximum Gasteiger partial charge on any atom is 0.336 e. The van der Waals surface area contributed by atoms with Gasteiger partial charge in [-0.15, -0.1) is 0 Å². The van der Waals surface area contributed by atoms with Crippen LogP contribution < -0.4 is 5.32 Å². The molecule has 4 rings (SSSR count). The number of nitrogens with one attached hydrogen (secondary N) is 1. The molecule has 1 aliphatic carbocycles. The SMILES string of the molecule is CCOC(=O)C1=C(C)NC2=C(C(=O)[C@H](C(=O)OCC)[C@@H](c3ccco3)C2)[C@H]1c1cccnc1. The van der Waals surface area contributed by atoms with Crippen LogP contribution in [0.2, 0.25) is 0 Å². The van der Waals surface area contributed by atoms with Crippen molar-refractivity contribution in [3.63, 3.8) is 0 Å². The molecule has 8 heteroatoms. The summed E-state index contributed by atoms with van der Waals surface area (Å²) in [5.41, 5.74) is 2.61. The molecule has 2 aromatic rings. The van der Waals surface area contributed by atoms with Gasteiger partial charge in [-0.2, -0.15) is 0 Å². The van der Waals surface area contributed by atoms with E-state index in [9.17, 15) is 14.4 Å². The van der Waals surface area contributed by atoms with Gasteiger partial charge in [-0.05, 0) is 51.0 Å². The van der Waals surface area contributed by atoms with Gasteiger partial charge in [-0.3, -0.25) is 14.6 Å². The number of Topliss-reactive ketones (excluding diaryl/α,β-unsaturated/α-hetero) is 1. The van der Waals surface area contributed by atoms with E-state index in [1.54, 1.807) is 51.4 Å². The first-order valence-corrected chi connectivity index (χ1v) is 11.0. The van der Waals surface area contributed by atoms with Crippen molar-refractivity contribution in [2.24, 2.45) is 5.92 Å². The van der Waals surface area contributed by atoms with E-state index in [0.29, 0.717) is 40.3 Å². The summed E-state index contributed by atoms with van der Waals surface area (Å²) in [6.07, 6.45) is 5.11. The molecule has 2 aliphatic rings. The van der Waals surface area contributed by atoms with E-state index in [4.69, 9.17) is 13.9 Å². The summed E-state index contributed by atoms with van der Waals surface area (Å²) in [7, 11) is 0. The molecule has 8 nitrogen and oxygen atoms in total. The van der Waals surface area contributed by atoms with Gasteiger partial charge in [0.2, 0.25) is 0 Å². The zero-order chi connectivity index (χ0) is 23.5. The van der Waals surface area contributed by atoms with E-state index in [1.165, 1.54) is 6.26 Å². The molecule has 0 saturated heterocycles. The molecule has 1 N–H and O–H groups in total. The van der Waals surface area contributed by atoms with Crippen LogP contribution in [-0.4, -0.2) is 35.9 Å². The largest absolute Gasteiger partial charge is 0.469 e. The van der Waals surface area contributed by atoms with Crippen molar-refractivity contribution < 1.29 is 28.3 Å². The van der Waals surface area contributed by atoms with Gasteiger partial charge in [0, 0.05) is 41.2 Å². The molecule has 0 spiro atoms. The molecule has 2 aromatic heterocycles. The van der Waals surface area contributed by atoms with Crippen LogP contribution in [0.25, 0.3) is 0 Å². The summed E-state index contributed by atoms with van der Waals surface area (Å²) in [6, 6.07) is 7.04. The van der Waals surface area contributed by atoms with Crippen LogP contribution in [-0.2, 0) is 23.9 Å². The molecule has 0 fully saturated rings. The highest BCUT2D eigenvalue weighted by molar-refractivity contribution is 6.13. The molecular weight excluding hydrogens is 424 g/mol. The van der Waals surface area contributed by atoms with Crippen molar-refractivity contribution >= 4 is 17.7 Å². The number of ether oxygens (including phenoxy) is 2. The Morgan fingerprint density at radius 1 is 1.18 bits per heavy atom. The Labute approximate surface area is 191 Å². The number of nitrogens with zero attached hydrogens (tertiary/aromatic N) is 1. The second-order valence-corrected chi connectivity index (χ2v) is 7.92. The number of ketones is 1. The molecule has 3 heterocycles. The highest BCUT2D eigenvalue weighted by Crippen LogP contribution is 2.48. The van der Waals surface area contributed by atoms with E-state index in [2.05, 4.69) is 10.3 Å². The van der Waals surface area contributed by atoms with Crippen LogP contribution in [0, 0.1) is 5.92 Å². The van der Waals surface area contributed by atoms with Crippen molar-refractivity contribution in [1.82, 2.24) is 10.3 Å². The topological polar surface area (TPSA) is 108 Å². The zero-order valence-electron chi connectivity index (χ0n) is 18.8. The van der Waals surface area contributed by atoms with Gasteiger partial charge < -0.3 is 19.2 Å². The average Bonchev–Trinajstić information content (AvgIpc) is 3.33. The van der Waals surface area contributed by atoms with Crippen LogP contribution in [0.1, 0.15) is 50.4 Å². The zero-order valence-corrected chi connectivity index (χ0v) is 18.8. The maximum atomic E-state index is 14.0.